The first-order valence-corrected chi connectivity index (χ1v) is 21.6. The van der Waals surface area contributed by atoms with Crippen molar-refractivity contribution < 1.29 is 75.6 Å². The van der Waals surface area contributed by atoms with Gasteiger partial charge in [-0.3, -0.25) is 21.5 Å². The average molecular weight is 771 g/mol. The number of allylic oxidation sites excluding steroid dienone is 2. The van der Waals surface area contributed by atoms with Gasteiger partial charge in [-0.25, -0.2) is 0 Å². The zero-order chi connectivity index (χ0) is 37.5. The highest BCUT2D eigenvalue weighted by Gasteiger charge is 2.65. The molecule has 2 unspecified atom stereocenters. The second-order valence-corrected chi connectivity index (χ2v) is 18.3. The van der Waals surface area contributed by atoms with Gasteiger partial charge in [0.1, 0.15) is 17.8 Å². The zero-order valence-corrected chi connectivity index (χ0v) is 31.1. The first-order valence-electron chi connectivity index (χ1n) is 14.3. The van der Waals surface area contributed by atoms with Crippen molar-refractivity contribution in [3.63, 3.8) is 0 Å². The maximum atomic E-state index is 12.5. The van der Waals surface area contributed by atoms with Gasteiger partial charge in [-0.05, 0) is 69.2 Å². The third-order valence-electron chi connectivity index (χ3n) is 7.51. The summed E-state index contributed by atoms with van der Waals surface area (Å²) < 4.78 is 101. The Labute approximate surface area is 282 Å². The molecule has 17 nitrogen and oxygen atoms in total. The normalized spacial score (nSPS) is 21.9. The van der Waals surface area contributed by atoms with Crippen molar-refractivity contribution in [3.05, 3.63) is 33.9 Å². The Morgan fingerprint density at radius 2 is 1.12 bits per heavy atom. The van der Waals surface area contributed by atoms with Crippen LogP contribution in [0, 0.1) is 5.41 Å². The van der Waals surface area contributed by atoms with Gasteiger partial charge in [0.2, 0.25) is 0 Å². The van der Waals surface area contributed by atoms with Crippen molar-refractivity contribution in [1.82, 2.24) is 0 Å². The van der Waals surface area contributed by atoms with E-state index in [2.05, 4.69) is 16.7 Å². The molecule has 1 fully saturated rings. The maximum absolute atomic E-state index is 12.5. The largest absolute Gasteiger partial charge is 0.392 e. The summed E-state index contributed by atoms with van der Waals surface area (Å²) in [4.78, 5) is 12.5. The number of rotatable bonds is 15. The fraction of sp³-hybridized carbons (Fsp3) is 0.741. The van der Waals surface area contributed by atoms with Crippen molar-refractivity contribution in [2.24, 2.45) is 5.41 Å². The van der Waals surface area contributed by atoms with Crippen molar-refractivity contribution in [2.75, 3.05) is 58.1 Å². The Balaban J connectivity index is 0.000000364. The van der Waals surface area contributed by atoms with Crippen LogP contribution in [-0.2, 0) is 62.0 Å². The molecule has 0 saturated heterocycles. The number of carbonyl (C=O) groups excluding carboxylic acids is 1. The lowest BCUT2D eigenvalue weighted by Crippen LogP contribution is -2.49. The van der Waals surface area contributed by atoms with E-state index in [1.165, 1.54) is 0 Å². The number of aliphatic hydroxyl groups excluding tert-OH is 3. The number of fused-ring (bicyclic) bond motifs is 1. The standard InChI is InChI=1S/C15H18O3.C6H14O8S2.C6H14O6S2/c1-8-6-10-12(11(8)7-16)9(2)15(4-5-15)14(3,18)13(10)17;1-15(9,10)13-3-5(7)6(8)4-14-16(2,11)12;1-13(7,8)11-5-3-4-6-12-14(2,9)10/h6,16,18H,4-5,7H2,1-3H3;5-8H,3-4H2,1-2H3;3-6H2,1-2H3/t14-;;/m0../s1. The number of hydrogen-bond donors (Lipinski definition) is 4. The average Bonchev–Trinajstić information content (AvgIpc) is 3.67. The lowest BCUT2D eigenvalue weighted by Gasteiger charge is -2.39. The number of hydrogen-bond acceptors (Lipinski definition) is 17. The smallest absolute Gasteiger partial charge is 0.264 e. The van der Waals surface area contributed by atoms with Crippen LogP contribution < -0.4 is 0 Å². The van der Waals surface area contributed by atoms with E-state index in [1.54, 1.807) is 13.0 Å². The summed E-state index contributed by atoms with van der Waals surface area (Å²) in [5, 5.41) is 38.4. The van der Waals surface area contributed by atoms with Gasteiger partial charge in [0.05, 0.1) is 58.1 Å². The molecule has 48 heavy (non-hydrogen) atoms. The molecule has 3 aliphatic rings. The molecule has 1 saturated carbocycles. The molecule has 0 bridgehead atoms. The third kappa shape index (κ3) is 13.9. The molecule has 21 heteroatoms. The van der Waals surface area contributed by atoms with E-state index in [0.717, 1.165) is 60.2 Å². The summed E-state index contributed by atoms with van der Waals surface area (Å²) in [7, 11) is -14.3. The predicted octanol–water partition coefficient (Wildman–Crippen LogP) is -0.955. The minimum Gasteiger partial charge on any atom is -0.392 e. The molecular weight excluding hydrogens is 725 g/mol. The van der Waals surface area contributed by atoms with Crippen LogP contribution in [0.25, 0.3) is 0 Å². The van der Waals surface area contributed by atoms with Crippen LogP contribution in [0.15, 0.2) is 33.9 Å². The fourth-order valence-corrected chi connectivity index (χ4v) is 6.47. The highest BCUT2D eigenvalue weighted by molar-refractivity contribution is 7.86. The Bertz CT molecular complexity index is 1620. The van der Waals surface area contributed by atoms with E-state index >= 15 is 0 Å². The van der Waals surface area contributed by atoms with Crippen LogP contribution >= 0.6 is 0 Å². The minimum absolute atomic E-state index is 0.0476. The Hall–Kier alpha value is -1.63. The molecule has 0 aromatic rings. The molecule has 280 valence electrons. The second-order valence-electron chi connectivity index (χ2n) is 11.7. The highest BCUT2D eigenvalue weighted by atomic mass is 32.2. The quantitative estimate of drug-likeness (QED) is 0.115. The topological polar surface area (TPSA) is 271 Å². The Kier molecular flexibility index (Phi) is 15.8. The van der Waals surface area contributed by atoms with Crippen molar-refractivity contribution in [1.29, 1.82) is 0 Å². The van der Waals surface area contributed by atoms with Gasteiger partial charge in [0.15, 0.2) is 5.78 Å². The van der Waals surface area contributed by atoms with Crippen LogP contribution in [0.1, 0.15) is 46.5 Å². The SMILES string of the molecule is CC1=C(CO)C2=C(C)C3(CC3)[C@@](C)(O)C(=O)C2=C1.CS(=O)(=O)OCC(O)C(O)COS(C)(=O)=O.CS(=O)(=O)OCCCCOS(C)(=O)=O. The van der Waals surface area contributed by atoms with Gasteiger partial charge >= 0.3 is 0 Å². The minimum atomic E-state index is -3.73. The summed E-state index contributed by atoms with van der Waals surface area (Å²) in [6.07, 6.45) is 4.73. The number of Topliss-reactive ketones (excluding diaryl/α,β-unsaturated/α-hetero) is 1. The Morgan fingerprint density at radius 1 is 0.750 bits per heavy atom. The van der Waals surface area contributed by atoms with Gasteiger partial charge in [-0.2, -0.15) is 33.7 Å². The first kappa shape index (κ1) is 44.4. The second kappa shape index (κ2) is 17.1. The maximum Gasteiger partial charge on any atom is 0.264 e. The fourth-order valence-electron chi connectivity index (χ4n) is 4.85. The molecule has 3 atom stereocenters. The summed E-state index contributed by atoms with van der Waals surface area (Å²) in [6, 6.07) is 0. The molecule has 3 rings (SSSR count). The van der Waals surface area contributed by atoms with E-state index < -0.39 is 71.5 Å². The molecule has 0 aromatic carbocycles. The number of carbonyl (C=O) groups is 1. The van der Waals surface area contributed by atoms with E-state index in [1.807, 2.05) is 13.8 Å². The highest BCUT2D eigenvalue weighted by Crippen LogP contribution is 2.64. The summed E-state index contributed by atoms with van der Waals surface area (Å²) >= 11 is 0. The summed E-state index contributed by atoms with van der Waals surface area (Å²) in [6.45, 7) is 4.22. The van der Waals surface area contributed by atoms with Gasteiger partial charge in [-0.15, -0.1) is 0 Å². The van der Waals surface area contributed by atoms with Crippen molar-refractivity contribution in [2.45, 2.75) is 64.3 Å². The lowest BCUT2D eigenvalue weighted by molar-refractivity contribution is -0.137. The third-order valence-corrected chi connectivity index (χ3v) is 9.83. The monoisotopic (exact) mass is 770 g/mol. The van der Waals surface area contributed by atoms with E-state index in [9.17, 15) is 48.7 Å². The van der Waals surface area contributed by atoms with E-state index in [-0.39, 0.29) is 31.0 Å². The van der Waals surface area contributed by atoms with E-state index in [0.29, 0.717) is 18.4 Å². The molecule has 3 aliphatic carbocycles. The van der Waals surface area contributed by atoms with Crippen LogP contribution in [0.4, 0.5) is 0 Å². The van der Waals surface area contributed by atoms with Crippen LogP contribution in [-0.4, -0.2) is 136 Å². The molecule has 0 aliphatic heterocycles. The molecule has 0 amide bonds. The molecule has 1 spiro atoms. The lowest BCUT2D eigenvalue weighted by atomic mass is 9.67. The number of unbranched alkanes of at least 4 members (excludes halogenated alkanes) is 1. The molecule has 0 heterocycles. The van der Waals surface area contributed by atoms with Gasteiger partial charge < -0.3 is 20.4 Å². The van der Waals surface area contributed by atoms with Crippen LogP contribution in [0.3, 0.4) is 0 Å². The Morgan fingerprint density at radius 3 is 1.44 bits per heavy atom. The van der Waals surface area contributed by atoms with Gasteiger partial charge in [-0.1, -0.05) is 5.57 Å². The molecular formula is C27H46O17S4. The summed E-state index contributed by atoms with van der Waals surface area (Å²) in [5.41, 5.74) is 2.64. The van der Waals surface area contributed by atoms with Gasteiger partial charge in [0.25, 0.3) is 40.5 Å². The van der Waals surface area contributed by atoms with Crippen LogP contribution in [0.2, 0.25) is 0 Å². The van der Waals surface area contributed by atoms with Crippen LogP contribution in [0.5, 0.6) is 0 Å². The van der Waals surface area contributed by atoms with Crippen molar-refractivity contribution >= 4 is 46.3 Å². The van der Waals surface area contributed by atoms with Gasteiger partial charge in [0, 0.05) is 11.0 Å². The molecule has 0 aromatic heterocycles. The van der Waals surface area contributed by atoms with Crippen molar-refractivity contribution in [3.8, 4) is 0 Å². The molecule has 4 N–H and O–H groups in total. The zero-order valence-electron chi connectivity index (χ0n) is 27.8. The number of aliphatic hydroxyl groups is 4. The van der Waals surface area contributed by atoms with E-state index in [4.69, 9.17) is 10.2 Å². The predicted molar refractivity (Wildman–Crippen MR) is 172 cm³/mol. The first-order chi connectivity index (χ1) is 21.6. The molecule has 0 radical (unpaired) electrons. The number of ketones is 1. The summed E-state index contributed by atoms with van der Waals surface area (Å²) in [5.74, 6) is -0.191.